The van der Waals surface area contributed by atoms with Gasteiger partial charge in [-0.1, -0.05) is 152 Å². The number of pyridine rings is 2. The second kappa shape index (κ2) is 14.5. The van der Waals surface area contributed by atoms with E-state index in [1.807, 2.05) is 66.7 Å². The van der Waals surface area contributed by atoms with Crippen molar-refractivity contribution in [3.05, 3.63) is 170 Å². The van der Waals surface area contributed by atoms with Crippen LogP contribution >= 0.6 is 0 Å². The molecule has 3 aromatic heterocycles. The molecule has 7 nitrogen and oxygen atoms in total. The Balaban J connectivity index is 1.14. The van der Waals surface area contributed by atoms with Crippen LogP contribution in [0.2, 0.25) is 0 Å². The topological polar surface area (TPSA) is 82.9 Å². The Kier molecular flexibility index (Phi) is 8.97. The van der Waals surface area contributed by atoms with E-state index in [9.17, 15) is 0 Å². The number of hydrogen-bond acceptors (Lipinski definition) is 7. The molecule has 4 heterocycles. The van der Waals surface area contributed by atoms with Crippen molar-refractivity contribution < 1.29 is 9.31 Å². The molecule has 1 aliphatic rings. The Bertz CT molecular complexity index is 2980. The molecule has 9 aromatic rings. The summed E-state index contributed by atoms with van der Waals surface area (Å²) in [5, 5.41) is 2.03. The molecule has 1 saturated heterocycles. The van der Waals surface area contributed by atoms with Gasteiger partial charge in [0.05, 0.1) is 33.6 Å². The Hall–Kier alpha value is -6.87. The highest BCUT2D eigenvalue weighted by Crippen LogP contribution is 2.38. The summed E-state index contributed by atoms with van der Waals surface area (Å²) < 4.78 is 13.3. The van der Waals surface area contributed by atoms with Crippen LogP contribution in [-0.4, -0.2) is 43.2 Å². The molecule has 0 bridgehead atoms. The maximum absolute atomic E-state index is 6.64. The van der Waals surface area contributed by atoms with Crippen molar-refractivity contribution in [1.82, 2.24) is 24.9 Å². The molecule has 59 heavy (non-hydrogen) atoms. The zero-order valence-electron chi connectivity index (χ0n) is 33.3. The molecular formula is C51H40BN5O2. The number of benzene rings is 6. The number of rotatable bonds is 7. The van der Waals surface area contributed by atoms with E-state index >= 15 is 0 Å². The quantitative estimate of drug-likeness (QED) is 0.118. The minimum Gasteiger partial charge on any atom is -0.399 e. The fraction of sp³-hybridized carbons (Fsp3) is 0.118. The molecule has 0 unspecified atom stereocenters. The van der Waals surface area contributed by atoms with E-state index in [1.54, 1.807) is 0 Å². The van der Waals surface area contributed by atoms with E-state index < -0.39 is 18.3 Å². The van der Waals surface area contributed by atoms with Crippen molar-refractivity contribution in [3.8, 4) is 67.8 Å². The largest absolute Gasteiger partial charge is 0.494 e. The molecule has 0 spiro atoms. The lowest BCUT2D eigenvalue weighted by molar-refractivity contribution is 0.00578. The lowest BCUT2D eigenvalue weighted by atomic mass is 9.77. The van der Waals surface area contributed by atoms with Gasteiger partial charge in [0.15, 0.2) is 17.5 Å². The van der Waals surface area contributed by atoms with Gasteiger partial charge >= 0.3 is 7.12 Å². The van der Waals surface area contributed by atoms with E-state index in [4.69, 9.17) is 34.2 Å². The zero-order chi connectivity index (χ0) is 40.1. The van der Waals surface area contributed by atoms with Gasteiger partial charge in [-0.15, -0.1) is 0 Å². The molecule has 284 valence electrons. The monoisotopic (exact) mass is 765 g/mol. The predicted molar refractivity (Wildman–Crippen MR) is 239 cm³/mol. The molecular weight excluding hydrogens is 725 g/mol. The number of aromatic nitrogens is 5. The summed E-state index contributed by atoms with van der Waals surface area (Å²) in [7, 11) is -0.629. The minimum absolute atomic E-state index is 0.529. The SMILES string of the molecule is CC1(C)OB(c2cc(-c3ccc4ccc5ccc(-c6ccccc6)nc5c4n3)cc(-c3nc(-c4ccccc4)nc(-c4ccc(-c5ccccc5)cc4)n3)c2)OC1(C)C. The first-order valence-corrected chi connectivity index (χ1v) is 19.9. The average molecular weight is 766 g/mol. The van der Waals surface area contributed by atoms with Gasteiger partial charge in [0.1, 0.15) is 0 Å². The van der Waals surface area contributed by atoms with Crippen molar-refractivity contribution in [2.75, 3.05) is 0 Å². The molecule has 1 aliphatic heterocycles. The van der Waals surface area contributed by atoms with Crippen molar-refractivity contribution in [2.24, 2.45) is 0 Å². The normalized spacial score (nSPS) is 14.5. The third-order valence-electron chi connectivity index (χ3n) is 11.5. The zero-order valence-corrected chi connectivity index (χ0v) is 33.3. The van der Waals surface area contributed by atoms with E-state index in [0.29, 0.717) is 17.5 Å². The number of nitrogens with zero attached hydrogens (tertiary/aromatic N) is 5. The van der Waals surface area contributed by atoms with Crippen LogP contribution in [0.15, 0.2) is 170 Å². The van der Waals surface area contributed by atoms with Gasteiger partial charge in [-0.2, -0.15) is 0 Å². The molecule has 0 aliphatic carbocycles. The second-order valence-corrected chi connectivity index (χ2v) is 16.0. The first kappa shape index (κ1) is 36.5. The molecule has 10 rings (SSSR count). The molecule has 0 radical (unpaired) electrons. The minimum atomic E-state index is -0.629. The molecule has 6 aromatic carbocycles. The van der Waals surface area contributed by atoms with Crippen molar-refractivity contribution >= 4 is 34.4 Å². The van der Waals surface area contributed by atoms with E-state index in [-0.39, 0.29) is 0 Å². The first-order chi connectivity index (χ1) is 28.7. The summed E-state index contributed by atoms with van der Waals surface area (Å²) >= 11 is 0. The molecule has 0 N–H and O–H groups in total. The van der Waals surface area contributed by atoms with Crippen LogP contribution in [0.25, 0.3) is 89.6 Å². The smallest absolute Gasteiger partial charge is 0.399 e. The van der Waals surface area contributed by atoms with Crippen LogP contribution < -0.4 is 5.46 Å². The highest BCUT2D eigenvalue weighted by molar-refractivity contribution is 6.62. The van der Waals surface area contributed by atoms with E-state index in [1.165, 1.54) is 0 Å². The molecule has 0 saturated carbocycles. The lowest BCUT2D eigenvalue weighted by Crippen LogP contribution is -2.41. The summed E-state index contributed by atoms with van der Waals surface area (Å²) in [5.74, 6) is 1.68. The molecule has 0 amide bonds. The van der Waals surface area contributed by atoms with Gasteiger partial charge in [-0.05, 0) is 62.5 Å². The van der Waals surface area contributed by atoms with Gasteiger partial charge in [0.25, 0.3) is 0 Å². The van der Waals surface area contributed by atoms with Gasteiger partial charge in [-0.25, -0.2) is 24.9 Å². The third-order valence-corrected chi connectivity index (χ3v) is 11.5. The standard InChI is InChI=1S/C51H40BN5O2/c1-50(2)51(3,4)59-52(58-50)42-31-40(44-29-27-37-23-22-36-26-28-43(35-16-10-6-11-17-35)53-45(36)46(37)54-44)30-41(32-42)49-56-47(38-18-12-7-13-19-38)55-48(57-49)39-24-20-34(21-25-39)33-14-8-5-9-15-33/h5-32H,1-4H3. The fourth-order valence-electron chi connectivity index (χ4n) is 7.53. The Morgan fingerprint density at radius 2 is 0.746 bits per heavy atom. The maximum Gasteiger partial charge on any atom is 0.494 e. The summed E-state index contributed by atoms with van der Waals surface area (Å²) in [6, 6.07) is 57.8. The van der Waals surface area contributed by atoms with Gasteiger partial charge < -0.3 is 9.31 Å². The lowest BCUT2D eigenvalue weighted by Gasteiger charge is -2.32. The number of hydrogen-bond donors (Lipinski definition) is 0. The van der Waals surface area contributed by atoms with Crippen molar-refractivity contribution in [3.63, 3.8) is 0 Å². The Morgan fingerprint density at radius 3 is 1.29 bits per heavy atom. The van der Waals surface area contributed by atoms with Gasteiger partial charge in [0, 0.05) is 38.6 Å². The van der Waals surface area contributed by atoms with Gasteiger partial charge in [0.2, 0.25) is 0 Å². The Labute approximate surface area is 344 Å². The van der Waals surface area contributed by atoms with Gasteiger partial charge in [-0.3, -0.25) is 0 Å². The highest BCUT2D eigenvalue weighted by atomic mass is 16.7. The summed E-state index contributed by atoms with van der Waals surface area (Å²) in [5.41, 5.74) is 9.90. The van der Waals surface area contributed by atoms with Crippen LogP contribution in [0, 0.1) is 0 Å². The molecule has 0 atom stereocenters. The third kappa shape index (κ3) is 6.96. The summed E-state index contributed by atoms with van der Waals surface area (Å²) in [4.78, 5) is 25.8. The average Bonchev–Trinajstić information content (AvgIpc) is 3.52. The molecule has 8 heteroatoms. The highest BCUT2D eigenvalue weighted by Gasteiger charge is 2.51. The first-order valence-electron chi connectivity index (χ1n) is 19.9. The fourth-order valence-corrected chi connectivity index (χ4v) is 7.53. The van der Waals surface area contributed by atoms with E-state index in [2.05, 4.69) is 131 Å². The van der Waals surface area contributed by atoms with Crippen LogP contribution in [0.1, 0.15) is 27.7 Å². The predicted octanol–water partition coefficient (Wildman–Crippen LogP) is 11.3. The summed E-state index contributed by atoms with van der Waals surface area (Å²) in [6.45, 7) is 8.27. The van der Waals surface area contributed by atoms with Crippen LogP contribution in [0.4, 0.5) is 0 Å². The number of fused-ring (bicyclic) bond motifs is 3. The summed E-state index contributed by atoms with van der Waals surface area (Å²) in [6.07, 6.45) is 0. The van der Waals surface area contributed by atoms with Crippen LogP contribution in [-0.2, 0) is 9.31 Å². The van der Waals surface area contributed by atoms with Crippen molar-refractivity contribution in [1.29, 1.82) is 0 Å². The van der Waals surface area contributed by atoms with Crippen molar-refractivity contribution in [2.45, 2.75) is 38.9 Å². The second-order valence-electron chi connectivity index (χ2n) is 16.0. The molecule has 1 fully saturated rings. The maximum atomic E-state index is 6.64. The Morgan fingerprint density at radius 1 is 0.356 bits per heavy atom. The van der Waals surface area contributed by atoms with Crippen LogP contribution in [0.3, 0.4) is 0 Å². The van der Waals surface area contributed by atoms with E-state index in [0.717, 1.165) is 77.6 Å². The van der Waals surface area contributed by atoms with Crippen LogP contribution in [0.5, 0.6) is 0 Å².